The molecule has 4 heteroatoms. The van der Waals surface area contributed by atoms with E-state index in [2.05, 4.69) is 6.07 Å². The summed E-state index contributed by atoms with van der Waals surface area (Å²) in [4.78, 5) is 10.9. The molecule has 3 aromatic rings. The smallest absolute Gasteiger partial charge is 0.335 e. The summed E-state index contributed by atoms with van der Waals surface area (Å²) in [5, 5.41) is 18.3. The Morgan fingerprint density at radius 1 is 0.958 bits per heavy atom. The number of hydrogen-bond donors (Lipinski definition) is 1. The molecule has 0 radical (unpaired) electrons. The van der Waals surface area contributed by atoms with Crippen molar-refractivity contribution in [2.45, 2.75) is 0 Å². The van der Waals surface area contributed by atoms with Crippen molar-refractivity contribution in [3.05, 3.63) is 83.6 Å². The van der Waals surface area contributed by atoms with Gasteiger partial charge in [-0.3, -0.25) is 0 Å². The summed E-state index contributed by atoms with van der Waals surface area (Å²) in [6.07, 6.45) is 1.68. The number of carbonyl (C=O) groups is 1. The summed E-state index contributed by atoms with van der Waals surface area (Å²) in [6, 6.07) is 21.6. The van der Waals surface area contributed by atoms with Crippen LogP contribution in [0.15, 0.2) is 71.1 Å². The SMILES string of the molecule is N#CC(=Cc1ccc(-c2ccc(C(=O)O)cc2)o1)c1ccccc1. The molecule has 0 fully saturated rings. The highest BCUT2D eigenvalue weighted by Gasteiger charge is 2.07. The van der Waals surface area contributed by atoms with E-state index in [9.17, 15) is 10.1 Å². The van der Waals surface area contributed by atoms with Gasteiger partial charge >= 0.3 is 5.97 Å². The second kappa shape index (κ2) is 6.67. The minimum Gasteiger partial charge on any atom is -0.478 e. The molecule has 1 heterocycles. The monoisotopic (exact) mass is 315 g/mol. The third-order valence-electron chi connectivity index (χ3n) is 3.53. The summed E-state index contributed by atoms with van der Waals surface area (Å²) < 4.78 is 5.75. The molecule has 24 heavy (non-hydrogen) atoms. The fraction of sp³-hybridized carbons (Fsp3) is 0. The van der Waals surface area contributed by atoms with Crippen molar-refractivity contribution >= 4 is 17.6 Å². The van der Waals surface area contributed by atoms with Gasteiger partial charge in [-0.25, -0.2) is 4.79 Å². The minimum absolute atomic E-state index is 0.223. The third kappa shape index (κ3) is 3.26. The normalized spacial score (nSPS) is 11.0. The van der Waals surface area contributed by atoms with E-state index < -0.39 is 5.97 Å². The van der Waals surface area contributed by atoms with Gasteiger partial charge in [-0.2, -0.15) is 5.26 Å². The highest BCUT2D eigenvalue weighted by molar-refractivity contribution is 5.89. The van der Waals surface area contributed by atoms with Crippen LogP contribution in [-0.2, 0) is 0 Å². The summed E-state index contributed by atoms with van der Waals surface area (Å²) >= 11 is 0. The second-order valence-electron chi connectivity index (χ2n) is 5.12. The number of aromatic carboxylic acids is 1. The van der Waals surface area contributed by atoms with Crippen LogP contribution < -0.4 is 0 Å². The Morgan fingerprint density at radius 3 is 2.29 bits per heavy atom. The molecule has 0 saturated carbocycles. The van der Waals surface area contributed by atoms with Crippen LogP contribution in [0.5, 0.6) is 0 Å². The van der Waals surface area contributed by atoms with Crippen molar-refractivity contribution in [2.75, 3.05) is 0 Å². The molecule has 1 aromatic heterocycles. The molecular formula is C20H13NO3. The molecule has 0 unspecified atom stereocenters. The molecule has 0 aliphatic rings. The number of rotatable bonds is 4. The molecule has 0 aliphatic heterocycles. The van der Waals surface area contributed by atoms with Gasteiger partial charge in [-0.05, 0) is 35.9 Å². The number of benzene rings is 2. The number of hydrogen-bond acceptors (Lipinski definition) is 3. The summed E-state index contributed by atoms with van der Waals surface area (Å²) in [7, 11) is 0. The Morgan fingerprint density at radius 2 is 1.67 bits per heavy atom. The zero-order valence-corrected chi connectivity index (χ0v) is 12.6. The fourth-order valence-electron chi connectivity index (χ4n) is 2.30. The van der Waals surface area contributed by atoms with Crippen LogP contribution in [-0.4, -0.2) is 11.1 Å². The maximum atomic E-state index is 10.9. The number of allylic oxidation sites excluding steroid dienone is 1. The van der Waals surface area contributed by atoms with E-state index in [0.717, 1.165) is 11.1 Å². The predicted molar refractivity (Wildman–Crippen MR) is 91.0 cm³/mol. The van der Waals surface area contributed by atoms with Gasteiger partial charge in [-0.15, -0.1) is 0 Å². The van der Waals surface area contributed by atoms with Gasteiger partial charge in [0.2, 0.25) is 0 Å². The zero-order valence-electron chi connectivity index (χ0n) is 12.6. The molecular weight excluding hydrogens is 302 g/mol. The van der Waals surface area contributed by atoms with Crippen LogP contribution in [0.1, 0.15) is 21.7 Å². The number of carboxylic acids is 1. The first kappa shape index (κ1) is 15.3. The second-order valence-corrected chi connectivity index (χ2v) is 5.12. The average molecular weight is 315 g/mol. The fourth-order valence-corrected chi connectivity index (χ4v) is 2.30. The van der Waals surface area contributed by atoms with Crippen LogP contribution >= 0.6 is 0 Å². The molecule has 0 amide bonds. The molecule has 0 bridgehead atoms. The van der Waals surface area contributed by atoms with E-state index in [4.69, 9.17) is 9.52 Å². The lowest BCUT2D eigenvalue weighted by molar-refractivity contribution is 0.0697. The van der Waals surface area contributed by atoms with Crippen molar-refractivity contribution < 1.29 is 14.3 Å². The van der Waals surface area contributed by atoms with Gasteiger partial charge in [0, 0.05) is 5.56 Å². The number of nitrogens with zero attached hydrogens (tertiary/aromatic N) is 1. The Balaban J connectivity index is 1.89. The number of carboxylic acid groups (broad SMARTS) is 1. The van der Waals surface area contributed by atoms with E-state index in [1.807, 2.05) is 30.3 Å². The van der Waals surface area contributed by atoms with Crippen molar-refractivity contribution in [1.82, 2.24) is 0 Å². The predicted octanol–water partition coefficient (Wildman–Crippen LogP) is 4.71. The Hall–Kier alpha value is -3.58. The molecule has 3 rings (SSSR count). The number of furan rings is 1. The lowest BCUT2D eigenvalue weighted by Crippen LogP contribution is -1.94. The summed E-state index contributed by atoms with van der Waals surface area (Å²) in [6.45, 7) is 0. The lowest BCUT2D eigenvalue weighted by atomic mass is 10.1. The van der Waals surface area contributed by atoms with E-state index in [1.165, 1.54) is 12.1 Å². The lowest BCUT2D eigenvalue weighted by Gasteiger charge is -1.99. The van der Waals surface area contributed by atoms with E-state index >= 15 is 0 Å². The first-order chi connectivity index (χ1) is 11.7. The number of nitriles is 1. The summed E-state index contributed by atoms with van der Waals surface area (Å²) in [5.74, 6) is 0.211. The maximum absolute atomic E-state index is 10.9. The van der Waals surface area contributed by atoms with E-state index in [-0.39, 0.29) is 5.56 Å². The van der Waals surface area contributed by atoms with Crippen LogP contribution in [0, 0.1) is 11.3 Å². The van der Waals surface area contributed by atoms with Crippen molar-refractivity contribution in [3.8, 4) is 17.4 Å². The largest absolute Gasteiger partial charge is 0.478 e. The Bertz CT molecular complexity index is 929. The standard InChI is InChI=1S/C20H13NO3/c21-13-17(14-4-2-1-3-5-14)12-18-10-11-19(24-18)15-6-8-16(9-7-15)20(22)23/h1-12H,(H,22,23). The molecule has 0 aliphatic carbocycles. The maximum Gasteiger partial charge on any atom is 0.335 e. The molecule has 1 N–H and O–H groups in total. The van der Waals surface area contributed by atoms with Gasteiger partial charge < -0.3 is 9.52 Å². The van der Waals surface area contributed by atoms with Crippen molar-refractivity contribution in [3.63, 3.8) is 0 Å². The van der Waals surface area contributed by atoms with E-state index in [1.54, 1.807) is 30.3 Å². The van der Waals surface area contributed by atoms with Crippen LogP contribution in [0.3, 0.4) is 0 Å². The van der Waals surface area contributed by atoms with Crippen molar-refractivity contribution in [2.24, 2.45) is 0 Å². The van der Waals surface area contributed by atoms with Crippen molar-refractivity contribution in [1.29, 1.82) is 5.26 Å². The van der Waals surface area contributed by atoms with Crippen LogP contribution in [0.25, 0.3) is 23.0 Å². The van der Waals surface area contributed by atoms with Gasteiger partial charge in [0.1, 0.15) is 11.5 Å². The summed E-state index contributed by atoms with van der Waals surface area (Å²) in [5.41, 5.74) is 2.33. The highest BCUT2D eigenvalue weighted by atomic mass is 16.4. The van der Waals surface area contributed by atoms with Gasteiger partial charge in [0.05, 0.1) is 17.2 Å². The zero-order chi connectivity index (χ0) is 16.9. The van der Waals surface area contributed by atoms with E-state index in [0.29, 0.717) is 17.1 Å². The first-order valence-electron chi connectivity index (χ1n) is 7.28. The molecule has 0 saturated heterocycles. The topological polar surface area (TPSA) is 74.2 Å². The third-order valence-corrected chi connectivity index (χ3v) is 3.53. The Kier molecular flexibility index (Phi) is 4.26. The minimum atomic E-state index is -0.967. The highest BCUT2D eigenvalue weighted by Crippen LogP contribution is 2.25. The van der Waals surface area contributed by atoms with Gasteiger partial charge in [0.15, 0.2) is 0 Å². The molecule has 116 valence electrons. The molecule has 0 atom stereocenters. The molecule has 4 nitrogen and oxygen atoms in total. The molecule has 2 aromatic carbocycles. The molecule has 0 spiro atoms. The van der Waals surface area contributed by atoms with Gasteiger partial charge in [-0.1, -0.05) is 42.5 Å². The van der Waals surface area contributed by atoms with Crippen LogP contribution in [0.4, 0.5) is 0 Å². The average Bonchev–Trinajstić information content (AvgIpc) is 3.09. The van der Waals surface area contributed by atoms with Gasteiger partial charge in [0.25, 0.3) is 0 Å². The first-order valence-corrected chi connectivity index (χ1v) is 7.28. The Labute approximate surface area is 138 Å². The quantitative estimate of drug-likeness (QED) is 0.708. The van der Waals surface area contributed by atoms with Crippen LogP contribution in [0.2, 0.25) is 0 Å².